The molecule has 2 N–H and O–H groups in total. The number of nitrogens with two attached hydrogens (primary N) is 1. The van der Waals surface area contributed by atoms with Gasteiger partial charge in [-0.1, -0.05) is 12.1 Å². The van der Waals surface area contributed by atoms with Crippen molar-refractivity contribution < 1.29 is 4.79 Å². The van der Waals surface area contributed by atoms with Gasteiger partial charge in [-0.15, -0.1) is 0 Å². The first kappa shape index (κ1) is 19.3. The molecule has 0 saturated carbocycles. The SMILES string of the molecule is Cc1nn(C)cc1Cc1nc(-c2ccc(C(N)=O)cc2)nn1C1CCN(C)CC1. The van der Waals surface area contributed by atoms with Gasteiger partial charge in [0.05, 0.1) is 11.7 Å². The lowest BCUT2D eigenvalue weighted by Crippen LogP contribution is -2.32. The molecule has 1 fully saturated rings. The molecule has 0 atom stereocenters. The van der Waals surface area contributed by atoms with Crippen molar-refractivity contribution in [3.05, 3.63) is 53.1 Å². The minimum absolute atomic E-state index is 0.337. The zero-order chi connectivity index (χ0) is 20.5. The van der Waals surface area contributed by atoms with Crippen LogP contribution in [0.2, 0.25) is 0 Å². The van der Waals surface area contributed by atoms with Crippen LogP contribution in [0.4, 0.5) is 0 Å². The minimum atomic E-state index is -0.436. The molecule has 0 radical (unpaired) electrons. The summed E-state index contributed by atoms with van der Waals surface area (Å²) in [5, 5.41) is 9.34. The average molecular weight is 393 g/mol. The molecule has 2 aromatic heterocycles. The van der Waals surface area contributed by atoms with Crippen LogP contribution in [-0.4, -0.2) is 55.5 Å². The first-order valence-corrected chi connectivity index (χ1v) is 9.94. The number of piperidine rings is 1. The summed E-state index contributed by atoms with van der Waals surface area (Å²) >= 11 is 0. The molecule has 0 spiro atoms. The topological polar surface area (TPSA) is 94.9 Å². The maximum Gasteiger partial charge on any atom is 0.248 e. The predicted octanol–water partition coefficient (Wildman–Crippen LogP) is 1.94. The summed E-state index contributed by atoms with van der Waals surface area (Å²) in [7, 11) is 4.09. The van der Waals surface area contributed by atoms with Crippen LogP contribution in [0, 0.1) is 6.92 Å². The fraction of sp³-hybridized carbons (Fsp3) is 0.429. The van der Waals surface area contributed by atoms with Crippen molar-refractivity contribution in [1.29, 1.82) is 0 Å². The van der Waals surface area contributed by atoms with Crippen molar-refractivity contribution in [2.24, 2.45) is 12.8 Å². The Morgan fingerprint density at radius 3 is 2.41 bits per heavy atom. The minimum Gasteiger partial charge on any atom is -0.366 e. The molecule has 1 amide bonds. The Hall–Kier alpha value is -3.00. The quantitative estimate of drug-likeness (QED) is 0.715. The van der Waals surface area contributed by atoms with Gasteiger partial charge in [0.1, 0.15) is 5.82 Å². The van der Waals surface area contributed by atoms with Crippen LogP contribution in [0.3, 0.4) is 0 Å². The summed E-state index contributed by atoms with van der Waals surface area (Å²) in [4.78, 5) is 18.6. The summed E-state index contributed by atoms with van der Waals surface area (Å²) in [6.07, 6.45) is 4.85. The van der Waals surface area contributed by atoms with E-state index >= 15 is 0 Å². The predicted molar refractivity (Wildman–Crippen MR) is 110 cm³/mol. The molecule has 1 saturated heterocycles. The van der Waals surface area contributed by atoms with E-state index in [0.29, 0.717) is 23.9 Å². The van der Waals surface area contributed by atoms with Gasteiger partial charge in [-0.05, 0) is 52.0 Å². The highest BCUT2D eigenvalue weighted by molar-refractivity contribution is 5.93. The lowest BCUT2D eigenvalue weighted by atomic mass is 10.1. The van der Waals surface area contributed by atoms with Crippen molar-refractivity contribution in [3.63, 3.8) is 0 Å². The number of benzene rings is 1. The molecule has 0 unspecified atom stereocenters. The van der Waals surface area contributed by atoms with Crippen LogP contribution >= 0.6 is 0 Å². The zero-order valence-electron chi connectivity index (χ0n) is 17.2. The summed E-state index contributed by atoms with van der Waals surface area (Å²) in [6.45, 7) is 4.13. The van der Waals surface area contributed by atoms with Gasteiger partial charge in [-0.3, -0.25) is 9.48 Å². The van der Waals surface area contributed by atoms with E-state index in [0.717, 1.165) is 48.6 Å². The van der Waals surface area contributed by atoms with Gasteiger partial charge in [0.15, 0.2) is 5.82 Å². The Kier molecular flexibility index (Phi) is 5.19. The third kappa shape index (κ3) is 4.07. The second-order valence-corrected chi connectivity index (χ2v) is 7.86. The normalized spacial score (nSPS) is 15.7. The second kappa shape index (κ2) is 7.79. The van der Waals surface area contributed by atoms with Gasteiger partial charge >= 0.3 is 0 Å². The highest BCUT2D eigenvalue weighted by Gasteiger charge is 2.24. The van der Waals surface area contributed by atoms with Gasteiger partial charge in [0, 0.05) is 36.4 Å². The summed E-state index contributed by atoms with van der Waals surface area (Å²) in [5.74, 6) is 1.19. The van der Waals surface area contributed by atoms with Gasteiger partial charge in [-0.2, -0.15) is 10.2 Å². The molecule has 1 aliphatic rings. The van der Waals surface area contributed by atoms with Gasteiger partial charge < -0.3 is 10.6 Å². The molecule has 29 heavy (non-hydrogen) atoms. The summed E-state index contributed by atoms with van der Waals surface area (Å²) in [6, 6.07) is 7.49. The van der Waals surface area contributed by atoms with E-state index in [1.54, 1.807) is 12.1 Å². The molecule has 4 rings (SSSR count). The van der Waals surface area contributed by atoms with E-state index < -0.39 is 5.91 Å². The number of likely N-dealkylation sites (tertiary alicyclic amines) is 1. The number of carbonyl (C=O) groups excluding carboxylic acids is 1. The molecular formula is C21H27N7O. The Balaban J connectivity index is 1.69. The molecule has 152 valence electrons. The van der Waals surface area contributed by atoms with Crippen LogP contribution in [-0.2, 0) is 13.5 Å². The van der Waals surface area contributed by atoms with Crippen molar-refractivity contribution in [2.45, 2.75) is 32.2 Å². The fourth-order valence-electron chi connectivity index (χ4n) is 3.91. The fourth-order valence-corrected chi connectivity index (χ4v) is 3.91. The van der Waals surface area contributed by atoms with Crippen LogP contribution in [0.1, 0.15) is 46.3 Å². The molecule has 8 nitrogen and oxygen atoms in total. The highest BCUT2D eigenvalue weighted by Crippen LogP contribution is 2.26. The Labute approximate surface area is 170 Å². The monoisotopic (exact) mass is 393 g/mol. The van der Waals surface area contributed by atoms with E-state index in [2.05, 4.69) is 21.7 Å². The first-order valence-electron chi connectivity index (χ1n) is 9.94. The lowest BCUT2D eigenvalue weighted by molar-refractivity contribution is 0.100. The lowest BCUT2D eigenvalue weighted by Gasteiger charge is -2.29. The van der Waals surface area contributed by atoms with E-state index in [1.165, 1.54) is 0 Å². The standard InChI is InChI=1S/C21H27N7O/c1-14-17(13-27(3)24-14)12-19-23-21(16-6-4-15(5-7-16)20(22)29)25-28(19)18-8-10-26(2)11-9-18/h4-7,13,18H,8-12H2,1-3H3,(H2,22,29). The van der Waals surface area contributed by atoms with Crippen LogP contribution in [0.15, 0.2) is 30.5 Å². The molecule has 1 aliphatic heterocycles. The Bertz CT molecular complexity index is 1010. The van der Waals surface area contributed by atoms with Gasteiger partial charge in [0.2, 0.25) is 5.91 Å². The van der Waals surface area contributed by atoms with Crippen LogP contribution in [0.5, 0.6) is 0 Å². The molecule has 0 aliphatic carbocycles. The van der Waals surface area contributed by atoms with Crippen molar-refractivity contribution in [1.82, 2.24) is 29.4 Å². The van der Waals surface area contributed by atoms with E-state index in [-0.39, 0.29) is 0 Å². The van der Waals surface area contributed by atoms with Crippen molar-refractivity contribution in [3.8, 4) is 11.4 Å². The Morgan fingerprint density at radius 2 is 1.83 bits per heavy atom. The number of rotatable bonds is 5. The van der Waals surface area contributed by atoms with Gasteiger partial charge in [0.25, 0.3) is 0 Å². The number of aryl methyl sites for hydroxylation is 2. The molecular weight excluding hydrogens is 366 g/mol. The zero-order valence-corrected chi connectivity index (χ0v) is 17.2. The van der Waals surface area contributed by atoms with Crippen LogP contribution in [0.25, 0.3) is 11.4 Å². The summed E-state index contributed by atoms with van der Waals surface area (Å²) in [5.41, 5.74) is 8.89. The smallest absolute Gasteiger partial charge is 0.248 e. The van der Waals surface area contributed by atoms with E-state index in [9.17, 15) is 4.79 Å². The van der Waals surface area contributed by atoms with E-state index in [1.807, 2.05) is 37.0 Å². The molecule has 3 aromatic rings. The molecule has 1 aromatic carbocycles. The molecule has 0 bridgehead atoms. The second-order valence-electron chi connectivity index (χ2n) is 7.86. The third-order valence-electron chi connectivity index (χ3n) is 5.63. The number of hydrogen-bond donors (Lipinski definition) is 1. The Morgan fingerprint density at radius 1 is 1.14 bits per heavy atom. The number of carbonyl (C=O) groups is 1. The number of nitrogens with zero attached hydrogens (tertiary/aromatic N) is 6. The number of amides is 1. The molecule has 8 heteroatoms. The number of aromatic nitrogens is 5. The van der Waals surface area contributed by atoms with E-state index in [4.69, 9.17) is 15.8 Å². The maximum absolute atomic E-state index is 11.4. The maximum atomic E-state index is 11.4. The van der Waals surface area contributed by atoms with Crippen molar-refractivity contribution >= 4 is 5.91 Å². The van der Waals surface area contributed by atoms with Gasteiger partial charge in [-0.25, -0.2) is 9.67 Å². The third-order valence-corrected chi connectivity index (χ3v) is 5.63. The van der Waals surface area contributed by atoms with Crippen molar-refractivity contribution in [2.75, 3.05) is 20.1 Å². The largest absolute Gasteiger partial charge is 0.366 e. The number of hydrogen-bond acceptors (Lipinski definition) is 5. The average Bonchev–Trinajstić information content (AvgIpc) is 3.25. The molecule has 3 heterocycles. The summed E-state index contributed by atoms with van der Waals surface area (Å²) < 4.78 is 3.95. The highest BCUT2D eigenvalue weighted by atomic mass is 16.1. The van der Waals surface area contributed by atoms with Crippen LogP contribution < -0.4 is 5.73 Å². The first-order chi connectivity index (χ1) is 13.9. The number of primary amides is 1.